The number of phenolic OH excluding ortho intramolecular Hbond substituents is 2. The minimum absolute atomic E-state index is 0.0368. The standard InChI is InChI=1S/C35H49N3O6/c1-21(23-9-6-5-7-10-23)17-25(37-32(42)29(41)19-22-12-13-27(39)28(40)18-22)31(36)38-16-8-11-26(38)33(43)44-30-20-24-14-15-35(30,4)34(24,2)3/h5-7,9-10,12-13,18,21,24-26,29-31,39-41H,8,11,14-17,19-20,36H2,1-4H3,(H,37,42). The molecule has 0 spiro atoms. The number of nitrogens with two attached hydrogens (primary N) is 1. The average molecular weight is 608 g/mol. The number of hydrogen-bond acceptors (Lipinski definition) is 8. The van der Waals surface area contributed by atoms with Crippen LogP contribution < -0.4 is 11.1 Å². The van der Waals surface area contributed by atoms with E-state index in [4.69, 9.17) is 10.5 Å². The number of esters is 1. The van der Waals surface area contributed by atoms with Crippen LogP contribution in [0, 0.1) is 16.7 Å². The van der Waals surface area contributed by atoms with Crippen molar-refractivity contribution in [3.63, 3.8) is 0 Å². The lowest BCUT2D eigenvalue weighted by Gasteiger charge is -2.40. The van der Waals surface area contributed by atoms with Gasteiger partial charge in [0.2, 0.25) is 5.91 Å². The average Bonchev–Trinajstić information content (AvgIpc) is 3.62. The summed E-state index contributed by atoms with van der Waals surface area (Å²) in [6, 6.07) is 13.1. The number of hydrogen-bond donors (Lipinski definition) is 5. The number of benzene rings is 2. The van der Waals surface area contributed by atoms with Gasteiger partial charge in [-0.25, -0.2) is 0 Å². The third kappa shape index (κ3) is 6.19. The highest BCUT2D eigenvalue weighted by Gasteiger charge is 2.63. The van der Waals surface area contributed by atoms with Gasteiger partial charge in [0.1, 0.15) is 18.2 Å². The molecule has 1 amide bonds. The quantitative estimate of drug-likeness (QED) is 0.189. The van der Waals surface area contributed by atoms with Crippen LogP contribution in [0.15, 0.2) is 48.5 Å². The Balaban J connectivity index is 1.30. The van der Waals surface area contributed by atoms with Crippen molar-refractivity contribution in [1.82, 2.24) is 10.2 Å². The van der Waals surface area contributed by atoms with Crippen molar-refractivity contribution < 1.29 is 29.6 Å². The molecule has 0 aromatic heterocycles. The summed E-state index contributed by atoms with van der Waals surface area (Å²) in [5.41, 5.74) is 8.61. The first kappa shape index (κ1) is 32.3. The monoisotopic (exact) mass is 607 g/mol. The SMILES string of the molecule is CC(CC(NC(=O)C(O)Cc1ccc(O)c(O)c1)C(N)N1CCCC1C(=O)OC1CC2CCC1(C)C2(C)C)c1ccccc1. The van der Waals surface area contributed by atoms with Gasteiger partial charge in [0, 0.05) is 18.4 Å². The van der Waals surface area contributed by atoms with E-state index in [0.29, 0.717) is 30.9 Å². The van der Waals surface area contributed by atoms with Crippen molar-refractivity contribution >= 4 is 11.9 Å². The highest BCUT2D eigenvalue weighted by molar-refractivity contribution is 5.81. The molecule has 6 N–H and O–H groups in total. The van der Waals surface area contributed by atoms with Crippen molar-refractivity contribution in [1.29, 1.82) is 0 Å². The summed E-state index contributed by atoms with van der Waals surface area (Å²) < 4.78 is 6.28. The van der Waals surface area contributed by atoms with E-state index in [1.54, 1.807) is 6.07 Å². The van der Waals surface area contributed by atoms with Gasteiger partial charge in [0.05, 0.1) is 12.2 Å². The molecule has 9 nitrogen and oxygen atoms in total. The third-order valence-electron chi connectivity index (χ3n) is 11.4. The summed E-state index contributed by atoms with van der Waals surface area (Å²) in [5.74, 6) is -0.812. The smallest absolute Gasteiger partial charge is 0.323 e. The molecule has 8 atom stereocenters. The van der Waals surface area contributed by atoms with Gasteiger partial charge in [-0.15, -0.1) is 0 Å². The Hall–Kier alpha value is -3.14. The number of ether oxygens (including phenoxy) is 1. The first-order valence-corrected chi connectivity index (χ1v) is 16.1. The molecule has 0 radical (unpaired) electrons. The fraction of sp³-hybridized carbons (Fsp3) is 0.600. The van der Waals surface area contributed by atoms with E-state index in [2.05, 4.69) is 33.0 Å². The van der Waals surface area contributed by atoms with Crippen LogP contribution in [-0.2, 0) is 20.7 Å². The van der Waals surface area contributed by atoms with Gasteiger partial charge in [-0.2, -0.15) is 0 Å². The second-order valence-corrected chi connectivity index (χ2v) is 14.1. The third-order valence-corrected chi connectivity index (χ3v) is 11.4. The summed E-state index contributed by atoms with van der Waals surface area (Å²) in [4.78, 5) is 29.0. The number of fused-ring (bicyclic) bond motifs is 2. The van der Waals surface area contributed by atoms with E-state index in [1.165, 1.54) is 18.6 Å². The zero-order chi connectivity index (χ0) is 31.8. The largest absolute Gasteiger partial charge is 0.504 e. The summed E-state index contributed by atoms with van der Waals surface area (Å²) in [5, 5.41) is 33.2. The maximum atomic E-state index is 13.7. The number of amides is 1. The topological polar surface area (TPSA) is 145 Å². The van der Waals surface area contributed by atoms with E-state index < -0.39 is 30.3 Å². The number of phenols is 2. The first-order chi connectivity index (χ1) is 20.8. The highest BCUT2D eigenvalue weighted by atomic mass is 16.5. The van der Waals surface area contributed by atoms with Crippen LogP contribution in [0.25, 0.3) is 0 Å². The molecule has 2 aromatic carbocycles. The molecule has 1 aliphatic heterocycles. The zero-order valence-corrected chi connectivity index (χ0v) is 26.4. The van der Waals surface area contributed by atoms with Crippen LogP contribution in [0.1, 0.15) is 83.3 Å². The van der Waals surface area contributed by atoms with Gasteiger partial charge in [-0.05, 0) is 79.0 Å². The molecule has 1 saturated heterocycles. The molecule has 3 fully saturated rings. The van der Waals surface area contributed by atoms with Crippen molar-refractivity contribution in [3.05, 3.63) is 59.7 Å². The highest BCUT2D eigenvalue weighted by Crippen LogP contribution is 2.66. The summed E-state index contributed by atoms with van der Waals surface area (Å²) in [7, 11) is 0. The van der Waals surface area contributed by atoms with Gasteiger partial charge < -0.3 is 31.1 Å². The molecule has 8 unspecified atom stereocenters. The summed E-state index contributed by atoms with van der Waals surface area (Å²) in [6.45, 7) is 9.55. The Morgan fingerprint density at radius 1 is 1.09 bits per heavy atom. The maximum absolute atomic E-state index is 13.7. The number of likely N-dealkylation sites (tertiary alicyclic amines) is 1. The van der Waals surface area contributed by atoms with E-state index in [1.807, 2.05) is 35.2 Å². The van der Waals surface area contributed by atoms with Crippen LogP contribution in [0.5, 0.6) is 11.5 Å². The molecule has 9 heteroatoms. The van der Waals surface area contributed by atoms with Gasteiger partial charge in [0.15, 0.2) is 11.5 Å². The zero-order valence-electron chi connectivity index (χ0n) is 26.4. The second kappa shape index (κ2) is 12.7. The lowest BCUT2D eigenvalue weighted by Crippen LogP contribution is -2.60. The van der Waals surface area contributed by atoms with Gasteiger partial charge in [-0.1, -0.05) is 64.1 Å². The van der Waals surface area contributed by atoms with Gasteiger partial charge >= 0.3 is 5.97 Å². The van der Waals surface area contributed by atoms with Crippen molar-refractivity contribution in [2.24, 2.45) is 22.5 Å². The fourth-order valence-electron chi connectivity index (χ4n) is 8.03. The first-order valence-electron chi connectivity index (χ1n) is 16.1. The number of carbonyl (C=O) groups is 2. The van der Waals surface area contributed by atoms with Crippen LogP contribution in [0.3, 0.4) is 0 Å². The number of aliphatic hydroxyl groups is 1. The Bertz CT molecular complexity index is 1330. The molecule has 2 aliphatic carbocycles. The number of nitrogens with one attached hydrogen (secondary N) is 1. The molecule has 5 rings (SSSR count). The van der Waals surface area contributed by atoms with Crippen LogP contribution in [-0.4, -0.2) is 69.1 Å². The van der Waals surface area contributed by atoms with Gasteiger partial charge in [-0.3, -0.25) is 14.5 Å². The Morgan fingerprint density at radius 2 is 1.82 bits per heavy atom. The lowest BCUT2D eigenvalue weighted by molar-refractivity contribution is -0.163. The van der Waals surface area contributed by atoms with Crippen molar-refractivity contribution in [3.8, 4) is 11.5 Å². The maximum Gasteiger partial charge on any atom is 0.323 e. The fourth-order valence-corrected chi connectivity index (χ4v) is 8.03. The molecular formula is C35H49N3O6. The molecule has 2 saturated carbocycles. The van der Waals surface area contributed by atoms with E-state index >= 15 is 0 Å². The Labute approximate surface area is 260 Å². The normalized spacial score (nSPS) is 28.7. The number of nitrogens with zero attached hydrogens (tertiary/aromatic N) is 1. The number of aromatic hydroxyl groups is 2. The predicted molar refractivity (Wildman–Crippen MR) is 168 cm³/mol. The van der Waals surface area contributed by atoms with Gasteiger partial charge in [0.25, 0.3) is 0 Å². The lowest BCUT2D eigenvalue weighted by atomic mass is 9.70. The molecule has 2 aromatic rings. The summed E-state index contributed by atoms with van der Waals surface area (Å²) in [6.07, 6.45) is 2.85. The number of carbonyl (C=O) groups excluding carboxylic acids is 2. The van der Waals surface area contributed by atoms with Crippen LogP contribution in [0.2, 0.25) is 0 Å². The summed E-state index contributed by atoms with van der Waals surface area (Å²) >= 11 is 0. The van der Waals surface area contributed by atoms with E-state index in [-0.39, 0.29) is 46.7 Å². The second-order valence-electron chi connectivity index (χ2n) is 14.1. The molecular weight excluding hydrogens is 558 g/mol. The van der Waals surface area contributed by atoms with Crippen LogP contribution in [0.4, 0.5) is 0 Å². The van der Waals surface area contributed by atoms with E-state index in [0.717, 1.165) is 24.8 Å². The number of rotatable bonds is 11. The van der Waals surface area contributed by atoms with Crippen LogP contribution >= 0.6 is 0 Å². The Kier molecular flexibility index (Phi) is 9.31. The molecule has 1 heterocycles. The Morgan fingerprint density at radius 3 is 2.45 bits per heavy atom. The predicted octanol–water partition coefficient (Wildman–Crippen LogP) is 4.19. The molecule has 240 valence electrons. The minimum Gasteiger partial charge on any atom is -0.504 e. The van der Waals surface area contributed by atoms with E-state index in [9.17, 15) is 24.9 Å². The molecule has 44 heavy (non-hydrogen) atoms. The van der Waals surface area contributed by atoms with Crippen molar-refractivity contribution in [2.75, 3.05) is 6.54 Å². The minimum atomic E-state index is -1.40. The molecule has 2 bridgehead atoms. The molecule has 3 aliphatic rings. The number of aliphatic hydroxyl groups excluding tert-OH is 1. The van der Waals surface area contributed by atoms with Crippen molar-refractivity contribution in [2.45, 2.75) is 109 Å².